The molecule has 0 heterocycles. The van der Waals surface area contributed by atoms with Gasteiger partial charge in [0.25, 0.3) is 0 Å². The average molecular weight is 352 g/mol. The van der Waals surface area contributed by atoms with Crippen molar-refractivity contribution in [2.45, 2.75) is 6.92 Å². The van der Waals surface area contributed by atoms with Crippen LogP contribution in [0.25, 0.3) is 6.08 Å². The predicted octanol–water partition coefficient (Wildman–Crippen LogP) is 4.69. The third kappa shape index (κ3) is 3.98. The van der Waals surface area contributed by atoms with Gasteiger partial charge in [0.15, 0.2) is 0 Å². The molecule has 0 atom stereocenters. The fourth-order valence-corrected chi connectivity index (χ4v) is 2.09. The van der Waals surface area contributed by atoms with Crippen LogP contribution in [0.5, 0.6) is 0 Å². The molecule has 5 heteroatoms. The fourth-order valence-electron chi connectivity index (χ4n) is 1.73. The van der Waals surface area contributed by atoms with Crippen LogP contribution < -0.4 is 5.32 Å². The standard InChI is InChI=1S/C16H12BrF2NO/c1-10-5-6-11(17)9-15(10)20-16(21)8-7-12-13(18)3-2-4-14(12)19/h2-9H,1H3,(H,20,21). The van der Waals surface area contributed by atoms with Gasteiger partial charge in [-0.1, -0.05) is 28.1 Å². The van der Waals surface area contributed by atoms with Crippen molar-refractivity contribution in [3.8, 4) is 0 Å². The maximum Gasteiger partial charge on any atom is 0.248 e. The lowest BCUT2D eigenvalue weighted by molar-refractivity contribution is -0.111. The van der Waals surface area contributed by atoms with Gasteiger partial charge in [0, 0.05) is 21.8 Å². The Bertz CT molecular complexity index is 693. The number of benzene rings is 2. The molecule has 0 aliphatic carbocycles. The van der Waals surface area contributed by atoms with Crippen LogP contribution >= 0.6 is 15.9 Å². The summed E-state index contributed by atoms with van der Waals surface area (Å²) >= 11 is 3.31. The molecule has 0 fully saturated rings. The van der Waals surface area contributed by atoms with E-state index in [1.54, 1.807) is 6.07 Å². The first-order valence-corrected chi connectivity index (χ1v) is 6.96. The second-order valence-electron chi connectivity index (χ2n) is 4.42. The topological polar surface area (TPSA) is 29.1 Å². The smallest absolute Gasteiger partial charge is 0.248 e. The van der Waals surface area contributed by atoms with Crippen LogP contribution in [-0.4, -0.2) is 5.91 Å². The number of aryl methyl sites for hydroxylation is 1. The van der Waals surface area contributed by atoms with Gasteiger partial charge >= 0.3 is 0 Å². The molecule has 0 aliphatic heterocycles. The van der Waals surface area contributed by atoms with Gasteiger partial charge in [-0.25, -0.2) is 8.78 Å². The van der Waals surface area contributed by atoms with Gasteiger partial charge < -0.3 is 5.32 Å². The first kappa shape index (κ1) is 15.4. The summed E-state index contributed by atoms with van der Waals surface area (Å²) in [5, 5.41) is 2.66. The first-order valence-electron chi connectivity index (χ1n) is 6.16. The van der Waals surface area contributed by atoms with E-state index < -0.39 is 17.5 Å². The van der Waals surface area contributed by atoms with Crippen LogP contribution in [0.1, 0.15) is 11.1 Å². The lowest BCUT2D eigenvalue weighted by atomic mass is 10.1. The molecule has 0 saturated heterocycles. The minimum absolute atomic E-state index is 0.237. The molecule has 21 heavy (non-hydrogen) atoms. The SMILES string of the molecule is Cc1ccc(Br)cc1NC(=O)C=Cc1c(F)cccc1F. The Morgan fingerprint density at radius 2 is 1.86 bits per heavy atom. The van der Waals surface area contributed by atoms with E-state index >= 15 is 0 Å². The maximum atomic E-state index is 13.4. The maximum absolute atomic E-state index is 13.4. The molecule has 0 aliphatic rings. The monoisotopic (exact) mass is 351 g/mol. The van der Waals surface area contributed by atoms with E-state index in [4.69, 9.17) is 0 Å². The van der Waals surface area contributed by atoms with Gasteiger partial charge in [-0.15, -0.1) is 0 Å². The van der Waals surface area contributed by atoms with Gasteiger partial charge in [-0.2, -0.15) is 0 Å². The normalized spacial score (nSPS) is 10.9. The summed E-state index contributed by atoms with van der Waals surface area (Å²) in [4.78, 5) is 11.8. The minimum atomic E-state index is -0.710. The predicted molar refractivity (Wildman–Crippen MR) is 82.9 cm³/mol. The number of hydrogen-bond donors (Lipinski definition) is 1. The van der Waals surface area contributed by atoms with Crippen LogP contribution in [0, 0.1) is 18.6 Å². The summed E-state index contributed by atoms with van der Waals surface area (Å²) in [6.07, 6.45) is 2.22. The van der Waals surface area contributed by atoms with Gasteiger partial charge in [0.1, 0.15) is 11.6 Å². The zero-order valence-electron chi connectivity index (χ0n) is 11.2. The van der Waals surface area contributed by atoms with Crippen LogP contribution in [0.3, 0.4) is 0 Å². The minimum Gasteiger partial charge on any atom is -0.322 e. The zero-order valence-corrected chi connectivity index (χ0v) is 12.7. The van der Waals surface area contributed by atoms with E-state index in [0.717, 1.165) is 34.3 Å². The van der Waals surface area contributed by atoms with Crippen molar-refractivity contribution in [3.05, 3.63) is 69.7 Å². The van der Waals surface area contributed by atoms with Crippen LogP contribution in [0.2, 0.25) is 0 Å². The van der Waals surface area contributed by atoms with Gasteiger partial charge in [-0.3, -0.25) is 4.79 Å². The molecular weight excluding hydrogens is 340 g/mol. The second-order valence-corrected chi connectivity index (χ2v) is 5.33. The van der Waals surface area contributed by atoms with Crippen LogP contribution in [0.15, 0.2) is 46.9 Å². The van der Waals surface area contributed by atoms with Gasteiger partial charge in [0.05, 0.1) is 0 Å². The Morgan fingerprint density at radius 1 is 1.19 bits per heavy atom. The van der Waals surface area contributed by atoms with Gasteiger partial charge in [-0.05, 0) is 42.8 Å². The first-order chi connectivity index (χ1) is 9.97. The molecule has 2 aromatic rings. The molecule has 2 rings (SSSR count). The van der Waals surface area contributed by atoms with Crippen molar-refractivity contribution < 1.29 is 13.6 Å². The van der Waals surface area contributed by atoms with E-state index in [2.05, 4.69) is 21.2 Å². The highest BCUT2D eigenvalue weighted by atomic mass is 79.9. The van der Waals surface area contributed by atoms with Crippen molar-refractivity contribution in [3.63, 3.8) is 0 Å². The second kappa shape index (κ2) is 6.63. The Kier molecular flexibility index (Phi) is 4.85. The summed E-state index contributed by atoms with van der Waals surface area (Å²) in [5.74, 6) is -1.88. The molecule has 1 N–H and O–H groups in total. The van der Waals surface area contributed by atoms with Crippen molar-refractivity contribution in [2.75, 3.05) is 5.32 Å². The Labute approximate surface area is 129 Å². The quantitative estimate of drug-likeness (QED) is 0.798. The molecule has 2 aromatic carbocycles. The Hall–Kier alpha value is -2.01. The molecule has 0 spiro atoms. The third-order valence-corrected chi connectivity index (χ3v) is 3.35. The van der Waals surface area contributed by atoms with E-state index in [1.165, 1.54) is 6.07 Å². The molecule has 0 unspecified atom stereocenters. The van der Waals surface area contributed by atoms with Crippen LogP contribution in [-0.2, 0) is 4.79 Å². The van der Waals surface area contributed by atoms with E-state index in [9.17, 15) is 13.6 Å². The third-order valence-electron chi connectivity index (χ3n) is 2.86. The molecule has 0 radical (unpaired) electrons. The van der Waals surface area contributed by atoms with Crippen molar-refractivity contribution >= 4 is 33.6 Å². The lowest BCUT2D eigenvalue weighted by Gasteiger charge is -2.06. The molecule has 0 bridgehead atoms. The average Bonchev–Trinajstić information content (AvgIpc) is 2.42. The molecule has 0 saturated carbocycles. The highest BCUT2D eigenvalue weighted by molar-refractivity contribution is 9.10. The summed E-state index contributed by atoms with van der Waals surface area (Å²) in [7, 11) is 0. The Balaban J connectivity index is 2.15. The highest BCUT2D eigenvalue weighted by Crippen LogP contribution is 2.21. The number of hydrogen-bond acceptors (Lipinski definition) is 1. The number of rotatable bonds is 3. The van der Waals surface area contributed by atoms with Crippen LogP contribution in [0.4, 0.5) is 14.5 Å². The molecule has 0 aromatic heterocycles. The highest BCUT2D eigenvalue weighted by Gasteiger charge is 2.06. The molecular formula is C16H12BrF2NO. The lowest BCUT2D eigenvalue weighted by Crippen LogP contribution is -2.09. The van der Waals surface area contributed by atoms with Crippen molar-refractivity contribution in [1.82, 2.24) is 0 Å². The summed E-state index contributed by atoms with van der Waals surface area (Å²) in [6.45, 7) is 1.85. The number of halogens is 3. The van der Waals surface area contributed by atoms with E-state index in [1.807, 2.05) is 19.1 Å². The molecule has 108 valence electrons. The largest absolute Gasteiger partial charge is 0.322 e. The zero-order chi connectivity index (χ0) is 15.4. The van der Waals surface area contributed by atoms with E-state index in [0.29, 0.717) is 5.69 Å². The molecule has 2 nitrogen and oxygen atoms in total. The number of anilines is 1. The fraction of sp³-hybridized carbons (Fsp3) is 0.0625. The van der Waals surface area contributed by atoms with Crippen molar-refractivity contribution in [2.24, 2.45) is 0 Å². The molecule has 1 amide bonds. The summed E-state index contributed by atoms with van der Waals surface area (Å²) in [5.41, 5.74) is 1.28. The Morgan fingerprint density at radius 3 is 2.52 bits per heavy atom. The number of nitrogens with one attached hydrogen (secondary N) is 1. The number of amides is 1. The summed E-state index contributed by atoms with van der Waals surface area (Å²) < 4.78 is 27.7. The number of carbonyl (C=O) groups excluding carboxylic acids is 1. The van der Waals surface area contributed by atoms with Crippen molar-refractivity contribution in [1.29, 1.82) is 0 Å². The van der Waals surface area contributed by atoms with E-state index in [-0.39, 0.29) is 5.56 Å². The van der Waals surface area contributed by atoms with Gasteiger partial charge in [0.2, 0.25) is 5.91 Å². The summed E-state index contributed by atoms with van der Waals surface area (Å²) in [6, 6.07) is 9.01. The number of carbonyl (C=O) groups is 1.